The maximum Gasteiger partial charge on any atom is 0.410 e. The van der Waals surface area contributed by atoms with Crippen LogP contribution < -0.4 is 4.90 Å². The van der Waals surface area contributed by atoms with Crippen LogP contribution in [-0.4, -0.2) is 74.6 Å². The molecule has 1 aromatic carbocycles. The number of nitrogens with zero attached hydrogens (tertiary/aromatic N) is 3. The fraction of sp³-hybridized carbons (Fsp3) is 0.641. The second kappa shape index (κ2) is 13.6. The van der Waals surface area contributed by atoms with Crippen molar-refractivity contribution in [2.45, 2.75) is 128 Å². The second-order valence-electron chi connectivity index (χ2n) is 17.3. The molecule has 1 aliphatic carbocycles. The van der Waals surface area contributed by atoms with Gasteiger partial charge in [-0.3, -0.25) is 4.98 Å². The molecule has 0 bridgehead atoms. The molecule has 8 nitrogen and oxygen atoms in total. The summed E-state index contributed by atoms with van der Waals surface area (Å²) in [4.78, 5) is 24.2. The zero-order valence-corrected chi connectivity index (χ0v) is 33.6. The quantitative estimate of drug-likeness (QED) is 0.213. The SMILES string of the molecule is CC(C)(C)OC(=O)N1C[C@@H](N2C[C@H]3C[C@@H]3c3cc(Cl)cc(-c4ccnc5cc(CO[Si](C)(C)C(C)(C)C)sc45)c32)C[C@H]1CO[C@H]1CCCCO1. The molecule has 272 valence electrons. The van der Waals surface area contributed by atoms with Crippen LogP contribution in [0.15, 0.2) is 30.5 Å². The van der Waals surface area contributed by atoms with Crippen molar-refractivity contribution in [3.05, 3.63) is 45.9 Å². The predicted molar refractivity (Wildman–Crippen MR) is 205 cm³/mol. The van der Waals surface area contributed by atoms with Gasteiger partial charge in [-0.05, 0) is 113 Å². The van der Waals surface area contributed by atoms with E-state index >= 15 is 0 Å². The van der Waals surface area contributed by atoms with Gasteiger partial charge in [0.05, 0.1) is 29.5 Å². The molecule has 50 heavy (non-hydrogen) atoms. The van der Waals surface area contributed by atoms with Gasteiger partial charge in [0.25, 0.3) is 0 Å². The van der Waals surface area contributed by atoms with Gasteiger partial charge >= 0.3 is 6.09 Å². The first-order chi connectivity index (χ1) is 23.6. The minimum atomic E-state index is -1.91. The monoisotopic (exact) mass is 739 g/mol. The Morgan fingerprint density at radius 1 is 1.08 bits per heavy atom. The smallest absolute Gasteiger partial charge is 0.410 e. The lowest BCUT2D eigenvalue weighted by molar-refractivity contribution is -0.168. The van der Waals surface area contributed by atoms with Crippen LogP contribution in [0.5, 0.6) is 0 Å². The Hall–Kier alpha value is -2.21. The lowest BCUT2D eigenvalue weighted by Gasteiger charge is -2.38. The number of aromatic nitrogens is 1. The van der Waals surface area contributed by atoms with Gasteiger partial charge in [-0.15, -0.1) is 11.3 Å². The van der Waals surface area contributed by atoms with Crippen molar-refractivity contribution >= 4 is 53.3 Å². The number of carbonyl (C=O) groups excluding carboxylic acids is 1. The standard InChI is InChI=1S/C39H54ClN3O5SSi/c1-38(2,3)48-37(44)43-21-26(18-27(43)22-46-34-11-9-10-14-45-34)42-20-24-15-30(24)32-17-25(40)16-31(35(32)42)29-12-13-41-33-19-28(49-36(29)33)23-47-50(7,8)39(4,5)6/h12-13,16-17,19,24,26-27,30,34H,9-11,14-15,18,20-23H2,1-8H3/t24-,26+,27+,30+,34+/m1/s1. The van der Waals surface area contributed by atoms with E-state index in [1.54, 1.807) is 11.3 Å². The highest BCUT2D eigenvalue weighted by atomic mass is 35.5. The van der Waals surface area contributed by atoms with Crippen molar-refractivity contribution in [3.8, 4) is 11.1 Å². The Balaban J connectivity index is 1.22. The lowest BCUT2D eigenvalue weighted by Crippen LogP contribution is -2.44. The Bertz CT molecular complexity index is 1730. The molecule has 0 unspecified atom stereocenters. The van der Waals surface area contributed by atoms with Gasteiger partial charge in [0.2, 0.25) is 0 Å². The molecule has 7 rings (SSSR count). The molecule has 4 aliphatic rings. The number of carbonyl (C=O) groups is 1. The summed E-state index contributed by atoms with van der Waals surface area (Å²) in [6, 6.07) is 8.66. The molecule has 0 spiro atoms. The van der Waals surface area contributed by atoms with E-state index < -0.39 is 13.9 Å². The van der Waals surface area contributed by atoms with Gasteiger partial charge in [-0.2, -0.15) is 0 Å². The van der Waals surface area contributed by atoms with Gasteiger partial charge in [-0.25, -0.2) is 4.79 Å². The average molecular weight is 740 g/mol. The molecule has 5 heterocycles. The third kappa shape index (κ3) is 7.48. The molecule has 0 radical (unpaired) electrons. The molecule has 11 heteroatoms. The second-order valence-corrected chi connectivity index (χ2v) is 23.7. The summed E-state index contributed by atoms with van der Waals surface area (Å²) >= 11 is 8.72. The van der Waals surface area contributed by atoms with Gasteiger partial charge < -0.3 is 28.4 Å². The van der Waals surface area contributed by atoms with Crippen molar-refractivity contribution < 1.29 is 23.4 Å². The van der Waals surface area contributed by atoms with E-state index in [0.29, 0.717) is 31.6 Å². The van der Waals surface area contributed by atoms with E-state index in [-0.39, 0.29) is 29.5 Å². The van der Waals surface area contributed by atoms with Crippen molar-refractivity contribution in [1.82, 2.24) is 9.88 Å². The van der Waals surface area contributed by atoms with Crippen LogP contribution in [0.2, 0.25) is 23.2 Å². The topological polar surface area (TPSA) is 73.4 Å². The van der Waals surface area contributed by atoms with E-state index in [0.717, 1.165) is 71.6 Å². The average Bonchev–Trinajstić information content (AvgIpc) is 3.51. The van der Waals surface area contributed by atoms with Crippen LogP contribution in [0.25, 0.3) is 21.3 Å². The summed E-state index contributed by atoms with van der Waals surface area (Å²) in [5.41, 5.74) is 5.27. The molecule has 3 aromatic rings. The molecule has 1 amide bonds. The predicted octanol–water partition coefficient (Wildman–Crippen LogP) is 9.98. The number of fused-ring (bicyclic) bond motifs is 4. The van der Waals surface area contributed by atoms with Crippen LogP contribution in [0, 0.1) is 5.92 Å². The van der Waals surface area contributed by atoms with Gasteiger partial charge in [0, 0.05) is 58.6 Å². The Kier molecular flexibility index (Phi) is 9.87. The van der Waals surface area contributed by atoms with Gasteiger partial charge in [0.1, 0.15) is 5.60 Å². The number of likely N-dealkylation sites (tertiary alicyclic amines) is 1. The third-order valence-electron chi connectivity index (χ3n) is 11.4. The highest BCUT2D eigenvalue weighted by molar-refractivity contribution is 7.19. The van der Waals surface area contributed by atoms with Crippen molar-refractivity contribution in [2.75, 3.05) is 31.2 Å². The first-order valence-electron chi connectivity index (χ1n) is 18.4. The highest BCUT2D eigenvalue weighted by Crippen LogP contribution is 2.59. The van der Waals surface area contributed by atoms with Gasteiger partial charge in [0.15, 0.2) is 14.6 Å². The zero-order chi connectivity index (χ0) is 35.6. The number of amides is 1. The molecular formula is C39H54ClN3O5SSi. The summed E-state index contributed by atoms with van der Waals surface area (Å²) in [5, 5.41) is 0.903. The fourth-order valence-electron chi connectivity index (χ4n) is 7.55. The first-order valence-corrected chi connectivity index (χ1v) is 22.5. The minimum Gasteiger partial charge on any atom is -0.444 e. The number of hydrogen-bond acceptors (Lipinski definition) is 8. The van der Waals surface area contributed by atoms with Crippen molar-refractivity contribution in [1.29, 1.82) is 0 Å². The van der Waals surface area contributed by atoms with Crippen molar-refractivity contribution in [2.24, 2.45) is 5.92 Å². The minimum absolute atomic E-state index is 0.107. The number of rotatable bonds is 8. The lowest BCUT2D eigenvalue weighted by atomic mass is 9.92. The van der Waals surface area contributed by atoms with E-state index in [2.05, 4.69) is 63.0 Å². The fourth-order valence-corrected chi connectivity index (χ4v) is 9.89. The maximum absolute atomic E-state index is 13.7. The summed E-state index contributed by atoms with van der Waals surface area (Å²) in [7, 11) is -1.91. The Morgan fingerprint density at radius 3 is 2.60 bits per heavy atom. The van der Waals surface area contributed by atoms with Crippen LogP contribution in [0.4, 0.5) is 10.5 Å². The van der Waals surface area contributed by atoms with E-state index in [9.17, 15) is 4.79 Å². The number of pyridine rings is 1. The third-order valence-corrected chi connectivity index (χ3v) is 17.2. The van der Waals surface area contributed by atoms with Crippen LogP contribution in [0.1, 0.15) is 90.0 Å². The summed E-state index contributed by atoms with van der Waals surface area (Å²) in [6.07, 6.45) is 6.45. The van der Waals surface area contributed by atoms with E-state index in [4.69, 9.17) is 35.2 Å². The zero-order valence-electron chi connectivity index (χ0n) is 31.0. The van der Waals surface area contributed by atoms with Crippen molar-refractivity contribution in [3.63, 3.8) is 0 Å². The molecule has 2 saturated heterocycles. The molecular weight excluding hydrogens is 686 g/mol. The Morgan fingerprint density at radius 2 is 1.88 bits per heavy atom. The summed E-state index contributed by atoms with van der Waals surface area (Å²) in [6.45, 7) is 20.5. The number of benzene rings is 1. The van der Waals surface area contributed by atoms with E-state index in [1.165, 1.54) is 16.1 Å². The van der Waals surface area contributed by atoms with Crippen LogP contribution in [-0.2, 0) is 25.2 Å². The van der Waals surface area contributed by atoms with Crippen LogP contribution in [0.3, 0.4) is 0 Å². The molecule has 1 saturated carbocycles. The summed E-state index contributed by atoms with van der Waals surface area (Å²) < 4.78 is 25.9. The van der Waals surface area contributed by atoms with E-state index in [1.807, 2.05) is 31.9 Å². The largest absolute Gasteiger partial charge is 0.444 e. The first kappa shape index (κ1) is 36.2. The number of hydrogen-bond donors (Lipinski definition) is 0. The Labute approximate surface area is 307 Å². The number of halogens is 1. The molecule has 3 aliphatic heterocycles. The molecule has 3 fully saturated rings. The number of thiophene rings is 1. The number of anilines is 1. The molecule has 2 aromatic heterocycles. The van der Waals surface area contributed by atoms with Crippen LogP contribution >= 0.6 is 22.9 Å². The normalized spacial score (nSPS) is 25.5. The molecule has 0 N–H and O–H groups in total. The summed E-state index contributed by atoms with van der Waals surface area (Å²) in [5.74, 6) is 1.10. The highest BCUT2D eigenvalue weighted by Gasteiger charge is 2.50. The maximum atomic E-state index is 13.7. The number of ether oxygens (including phenoxy) is 3. The van der Waals surface area contributed by atoms with Gasteiger partial charge in [-0.1, -0.05) is 32.4 Å². The molecule has 5 atom stereocenters.